The fourth-order valence-corrected chi connectivity index (χ4v) is 2.65. The molecule has 1 atom stereocenters. The fourth-order valence-electron chi connectivity index (χ4n) is 2.44. The molecule has 1 aliphatic rings. The molecule has 1 aromatic heterocycles. The van der Waals surface area contributed by atoms with Gasteiger partial charge in [-0.15, -0.1) is 0 Å². The highest BCUT2D eigenvalue weighted by molar-refractivity contribution is 6.35. The number of aryl methyl sites for hydroxylation is 1. The van der Waals surface area contributed by atoms with Crippen molar-refractivity contribution in [1.29, 1.82) is 0 Å². The first-order valence-corrected chi connectivity index (χ1v) is 6.53. The van der Waals surface area contributed by atoms with Crippen molar-refractivity contribution in [2.24, 2.45) is 0 Å². The van der Waals surface area contributed by atoms with Gasteiger partial charge in [-0.3, -0.25) is 0 Å². The molecule has 1 N–H and O–H groups in total. The van der Waals surface area contributed by atoms with Gasteiger partial charge in [0.25, 0.3) is 0 Å². The van der Waals surface area contributed by atoms with Crippen LogP contribution in [0.15, 0.2) is 18.3 Å². The topological polar surface area (TPSA) is 17.0 Å². The number of nitrogens with zero attached hydrogens (tertiary/aromatic N) is 1. The fraction of sp³-hybridized carbons (Fsp3) is 0.429. The minimum absolute atomic E-state index is 0.251. The van der Waals surface area contributed by atoms with Crippen molar-refractivity contribution in [2.45, 2.75) is 25.8 Å². The zero-order chi connectivity index (χ0) is 13.3. The van der Waals surface area contributed by atoms with Gasteiger partial charge in [0.05, 0.1) is 10.5 Å². The average molecular weight is 269 g/mol. The number of hydrogen-bond acceptors (Lipinski definition) is 1. The van der Waals surface area contributed by atoms with Crippen molar-refractivity contribution in [1.82, 2.24) is 9.88 Å². The Morgan fingerprint density at radius 3 is 2.78 bits per heavy atom. The van der Waals surface area contributed by atoms with Gasteiger partial charge in [-0.25, -0.2) is 4.39 Å². The van der Waals surface area contributed by atoms with Gasteiger partial charge in [-0.2, -0.15) is 0 Å². The van der Waals surface area contributed by atoms with E-state index >= 15 is 0 Å². The summed E-state index contributed by atoms with van der Waals surface area (Å²) in [5.74, 6) is -0.300. The van der Waals surface area contributed by atoms with E-state index in [2.05, 4.69) is 16.8 Å². The molecular formula is C14H18ClFN2. The Labute approximate surface area is 112 Å². The normalized spacial score (nSPS) is 17.5. The summed E-state index contributed by atoms with van der Waals surface area (Å²) in [6, 6.07) is 3.97. The summed E-state index contributed by atoms with van der Waals surface area (Å²) in [6.07, 6.45) is 4.01. The van der Waals surface area contributed by atoms with Crippen LogP contribution in [0.1, 0.15) is 24.9 Å². The molecule has 2 aromatic rings. The monoisotopic (exact) mass is 268 g/mol. The van der Waals surface area contributed by atoms with Crippen LogP contribution in [0.4, 0.5) is 4.39 Å². The first-order chi connectivity index (χ1) is 8.60. The van der Waals surface area contributed by atoms with Gasteiger partial charge in [0.2, 0.25) is 0 Å². The van der Waals surface area contributed by atoms with E-state index in [4.69, 9.17) is 11.6 Å². The maximum atomic E-state index is 13.5. The summed E-state index contributed by atoms with van der Waals surface area (Å²) in [7, 11) is 3.75. The van der Waals surface area contributed by atoms with Gasteiger partial charge in [0.15, 0.2) is 0 Å². The van der Waals surface area contributed by atoms with Gasteiger partial charge < -0.3 is 9.88 Å². The third kappa shape index (κ3) is 2.13. The molecule has 1 aliphatic heterocycles. The highest BCUT2D eigenvalue weighted by Gasteiger charge is 2.20. The summed E-state index contributed by atoms with van der Waals surface area (Å²) in [5.41, 5.74) is 2.19. The largest absolute Gasteiger partial charge is 0.344 e. The number of hydrogen-bond donors (Lipinski definition) is 1. The number of benzene rings is 1. The minimum atomic E-state index is -0.300. The standard InChI is InChI=1S/C12H11ClFN.C2H7N/c1-7-2-3-8-6-10(14)11(13)9-4-5-15(7)12(8)9;1-3-2/h4-7H,2-3H2,1H3;3H,1-2H3. The lowest BCUT2D eigenvalue weighted by Gasteiger charge is -2.22. The van der Waals surface area contributed by atoms with Crippen LogP contribution in [-0.2, 0) is 6.42 Å². The Bertz CT molecular complexity index is 562. The van der Waals surface area contributed by atoms with Gasteiger partial charge in [0, 0.05) is 17.6 Å². The summed E-state index contributed by atoms with van der Waals surface area (Å²) in [5, 5.41) is 3.85. The molecule has 2 heterocycles. The summed E-state index contributed by atoms with van der Waals surface area (Å²) < 4.78 is 15.7. The molecular weight excluding hydrogens is 251 g/mol. The van der Waals surface area contributed by atoms with Crippen LogP contribution in [0, 0.1) is 5.82 Å². The van der Waals surface area contributed by atoms with E-state index in [0.29, 0.717) is 6.04 Å². The van der Waals surface area contributed by atoms with Gasteiger partial charge >= 0.3 is 0 Å². The zero-order valence-corrected chi connectivity index (χ0v) is 11.7. The molecule has 2 nitrogen and oxygen atoms in total. The van der Waals surface area contributed by atoms with Crippen molar-refractivity contribution in [3.05, 3.63) is 34.7 Å². The number of aromatic nitrogens is 1. The van der Waals surface area contributed by atoms with Crippen LogP contribution in [0.25, 0.3) is 10.9 Å². The number of rotatable bonds is 0. The maximum Gasteiger partial charge on any atom is 0.142 e. The molecule has 3 rings (SSSR count). The summed E-state index contributed by atoms with van der Waals surface area (Å²) in [6.45, 7) is 2.18. The van der Waals surface area contributed by atoms with Crippen LogP contribution < -0.4 is 5.32 Å². The zero-order valence-electron chi connectivity index (χ0n) is 10.9. The Morgan fingerprint density at radius 2 is 2.11 bits per heavy atom. The lowest BCUT2D eigenvalue weighted by molar-refractivity contribution is 0.502. The Kier molecular flexibility index (Phi) is 3.93. The van der Waals surface area contributed by atoms with Crippen LogP contribution >= 0.6 is 11.6 Å². The molecule has 0 radical (unpaired) electrons. The summed E-state index contributed by atoms with van der Waals surface area (Å²) >= 11 is 5.95. The third-order valence-corrected chi connectivity index (χ3v) is 3.66. The van der Waals surface area contributed by atoms with E-state index in [0.717, 1.165) is 29.3 Å². The quantitative estimate of drug-likeness (QED) is 0.769. The molecule has 0 saturated heterocycles. The lowest BCUT2D eigenvalue weighted by Crippen LogP contribution is -2.12. The molecule has 0 saturated carbocycles. The average Bonchev–Trinajstić information content (AvgIpc) is 2.77. The highest BCUT2D eigenvalue weighted by atomic mass is 35.5. The van der Waals surface area contributed by atoms with Crippen molar-refractivity contribution in [2.75, 3.05) is 14.1 Å². The van der Waals surface area contributed by atoms with E-state index in [-0.39, 0.29) is 10.8 Å². The van der Waals surface area contributed by atoms with Crippen LogP contribution in [0.3, 0.4) is 0 Å². The maximum absolute atomic E-state index is 13.5. The van der Waals surface area contributed by atoms with E-state index in [1.54, 1.807) is 6.07 Å². The molecule has 98 valence electrons. The molecule has 18 heavy (non-hydrogen) atoms. The van der Waals surface area contributed by atoms with Crippen LogP contribution in [0.5, 0.6) is 0 Å². The van der Waals surface area contributed by atoms with Crippen molar-refractivity contribution in [3.8, 4) is 0 Å². The van der Waals surface area contributed by atoms with E-state index in [1.807, 2.05) is 26.4 Å². The molecule has 0 amide bonds. The molecule has 0 fully saturated rings. The molecule has 1 aromatic carbocycles. The second kappa shape index (κ2) is 5.29. The van der Waals surface area contributed by atoms with E-state index < -0.39 is 0 Å². The predicted molar refractivity (Wildman–Crippen MR) is 74.9 cm³/mol. The number of halogens is 2. The molecule has 4 heteroatoms. The smallest absolute Gasteiger partial charge is 0.142 e. The van der Waals surface area contributed by atoms with Gasteiger partial charge in [-0.05, 0) is 51.6 Å². The minimum Gasteiger partial charge on any atom is -0.344 e. The first kappa shape index (κ1) is 13.4. The number of nitrogens with one attached hydrogen (secondary N) is 1. The SMILES string of the molecule is CC1CCc2cc(F)c(Cl)c3ccn1c23.CNC. The summed E-state index contributed by atoms with van der Waals surface area (Å²) in [4.78, 5) is 0. The Hall–Kier alpha value is -1.06. The highest BCUT2D eigenvalue weighted by Crippen LogP contribution is 2.36. The molecule has 0 aliphatic carbocycles. The molecule has 0 bridgehead atoms. The second-order valence-corrected chi connectivity index (χ2v) is 5.08. The van der Waals surface area contributed by atoms with E-state index in [9.17, 15) is 4.39 Å². The third-order valence-electron chi connectivity index (χ3n) is 3.27. The van der Waals surface area contributed by atoms with Crippen molar-refractivity contribution >= 4 is 22.5 Å². The predicted octanol–water partition coefficient (Wildman–Crippen LogP) is 3.78. The Balaban J connectivity index is 0.000000367. The van der Waals surface area contributed by atoms with Crippen molar-refractivity contribution < 1.29 is 4.39 Å². The molecule has 1 unspecified atom stereocenters. The van der Waals surface area contributed by atoms with Crippen LogP contribution in [-0.4, -0.2) is 18.7 Å². The van der Waals surface area contributed by atoms with Gasteiger partial charge in [-0.1, -0.05) is 11.6 Å². The molecule has 0 spiro atoms. The Morgan fingerprint density at radius 1 is 1.44 bits per heavy atom. The van der Waals surface area contributed by atoms with Crippen molar-refractivity contribution in [3.63, 3.8) is 0 Å². The van der Waals surface area contributed by atoms with Gasteiger partial charge in [0.1, 0.15) is 5.82 Å². The van der Waals surface area contributed by atoms with Crippen LogP contribution in [0.2, 0.25) is 5.02 Å². The first-order valence-electron chi connectivity index (χ1n) is 6.16. The second-order valence-electron chi connectivity index (χ2n) is 4.70. The van der Waals surface area contributed by atoms with E-state index in [1.165, 1.54) is 0 Å². The lowest BCUT2D eigenvalue weighted by atomic mass is 9.99.